The Kier molecular flexibility index (Phi) is 4.76. The molecule has 6 heteroatoms. The maximum Gasteiger partial charge on any atom is 0.308 e. The summed E-state index contributed by atoms with van der Waals surface area (Å²) in [5, 5.41) is 12.1. The third kappa shape index (κ3) is 3.91. The summed E-state index contributed by atoms with van der Waals surface area (Å²) in [5.41, 5.74) is 0. The molecule has 0 aromatic carbocycles. The Morgan fingerprint density at radius 2 is 2.00 bits per heavy atom. The summed E-state index contributed by atoms with van der Waals surface area (Å²) in [7, 11) is 0. The second kappa shape index (κ2) is 6.34. The molecule has 0 aliphatic carbocycles. The van der Waals surface area contributed by atoms with Crippen LogP contribution in [0.3, 0.4) is 0 Å². The number of carboxylic acids is 1. The van der Waals surface area contributed by atoms with Crippen LogP contribution < -0.4 is 5.32 Å². The van der Waals surface area contributed by atoms with Crippen LogP contribution in [0.25, 0.3) is 0 Å². The zero-order chi connectivity index (χ0) is 13.8. The quantitative estimate of drug-likeness (QED) is 0.748. The summed E-state index contributed by atoms with van der Waals surface area (Å²) >= 11 is 0. The number of carboxylic acid groups (broad SMARTS) is 1. The van der Waals surface area contributed by atoms with Crippen molar-refractivity contribution in [2.75, 3.05) is 32.8 Å². The number of hydrogen-bond acceptors (Lipinski definition) is 4. The Morgan fingerprint density at radius 1 is 1.32 bits per heavy atom. The van der Waals surface area contributed by atoms with Crippen LogP contribution in [-0.2, 0) is 14.3 Å². The van der Waals surface area contributed by atoms with Gasteiger partial charge >= 0.3 is 5.97 Å². The van der Waals surface area contributed by atoms with E-state index in [0.717, 1.165) is 12.8 Å². The largest absolute Gasteiger partial charge is 0.481 e. The number of nitrogens with one attached hydrogen (secondary N) is 1. The van der Waals surface area contributed by atoms with E-state index in [2.05, 4.69) is 5.32 Å². The molecular formula is C13H22N2O4. The summed E-state index contributed by atoms with van der Waals surface area (Å²) in [5.74, 6) is -1.02. The lowest BCUT2D eigenvalue weighted by Gasteiger charge is -2.24. The van der Waals surface area contributed by atoms with E-state index in [4.69, 9.17) is 9.84 Å². The molecule has 2 aliphatic heterocycles. The van der Waals surface area contributed by atoms with Crippen LogP contribution in [0.4, 0.5) is 0 Å². The van der Waals surface area contributed by atoms with Gasteiger partial charge in [-0.15, -0.1) is 0 Å². The number of hydrogen-bond donors (Lipinski definition) is 2. The summed E-state index contributed by atoms with van der Waals surface area (Å²) in [4.78, 5) is 24.9. The highest BCUT2D eigenvalue weighted by atomic mass is 16.5. The molecule has 0 bridgehead atoms. The lowest BCUT2D eigenvalue weighted by Crippen LogP contribution is -2.43. The number of aliphatic carboxylic acids is 1. The van der Waals surface area contributed by atoms with E-state index in [-0.39, 0.29) is 23.8 Å². The molecule has 0 spiro atoms. The molecule has 0 radical (unpaired) electrons. The summed E-state index contributed by atoms with van der Waals surface area (Å²) in [6.07, 6.45) is 1.72. The summed E-state index contributed by atoms with van der Waals surface area (Å²) in [6.45, 7) is 4.77. The SMILES string of the molecule is CC1CN(CC(=O)NC2CCOCC2)CC1C(=O)O. The van der Waals surface area contributed by atoms with Gasteiger partial charge in [0.25, 0.3) is 0 Å². The fourth-order valence-electron chi connectivity index (χ4n) is 2.84. The molecule has 6 nitrogen and oxygen atoms in total. The monoisotopic (exact) mass is 270 g/mol. The molecule has 1 amide bonds. The fraction of sp³-hybridized carbons (Fsp3) is 0.846. The molecule has 19 heavy (non-hydrogen) atoms. The third-order valence-corrected chi connectivity index (χ3v) is 3.96. The number of carbonyl (C=O) groups excluding carboxylic acids is 1. The van der Waals surface area contributed by atoms with Crippen LogP contribution in [-0.4, -0.2) is 60.8 Å². The minimum absolute atomic E-state index is 0.00913. The van der Waals surface area contributed by atoms with Crippen molar-refractivity contribution in [3.8, 4) is 0 Å². The molecule has 2 fully saturated rings. The molecule has 2 heterocycles. The topological polar surface area (TPSA) is 78.9 Å². The maximum atomic E-state index is 11.9. The first-order valence-electron chi connectivity index (χ1n) is 6.88. The number of nitrogens with zero attached hydrogens (tertiary/aromatic N) is 1. The van der Waals surface area contributed by atoms with Crippen molar-refractivity contribution in [1.82, 2.24) is 10.2 Å². The Balaban J connectivity index is 1.75. The van der Waals surface area contributed by atoms with E-state index >= 15 is 0 Å². The van der Waals surface area contributed by atoms with Crippen LogP contribution in [0.5, 0.6) is 0 Å². The lowest BCUT2D eigenvalue weighted by atomic mass is 9.99. The average molecular weight is 270 g/mol. The van der Waals surface area contributed by atoms with E-state index in [0.29, 0.717) is 32.8 Å². The molecule has 2 saturated heterocycles. The van der Waals surface area contributed by atoms with E-state index in [1.807, 2.05) is 11.8 Å². The molecule has 0 aromatic rings. The summed E-state index contributed by atoms with van der Waals surface area (Å²) < 4.78 is 5.24. The van der Waals surface area contributed by atoms with Crippen molar-refractivity contribution in [2.45, 2.75) is 25.8 Å². The van der Waals surface area contributed by atoms with Gasteiger partial charge in [0.2, 0.25) is 5.91 Å². The highest BCUT2D eigenvalue weighted by Crippen LogP contribution is 2.22. The normalized spacial score (nSPS) is 29.3. The smallest absolute Gasteiger partial charge is 0.308 e. The van der Waals surface area contributed by atoms with Crippen LogP contribution in [0.15, 0.2) is 0 Å². The Bertz CT molecular complexity index is 342. The van der Waals surface area contributed by atoms with Crippen LogP contribution in [0, 0.1) is 11.8 Å². The molecule has 108 valence electrons. The van der Waals surface area contributed by atoms with Gasteiger partial charge in [0.1, 0.15) is 0 Å². The lowest BCUT2D eigenvalue weighted by molar-refractivity contribution is -0.142. The maximum absolute atomic E-state index is 11.9. The highest BCUT2D eigenvalue weighted by molar-refractivity contribution is 5.78. The van der Waals surface area contributed by atoms with Crippen molar-refractivity contribution < 1.29 is 19.4 Å². The van der Waals surface area contributed by atoms with E-state index in [1.165, 1.54) is 0 Å². The molecule has 0 aromatic heterocycles. The number of ether oxygens (including phenoxy) is 1. The van der Waals surface area contributed by atoms with Crippen LogP contribution >= 0.6 is 0 Å². The van der Waals surface area contributed by atoms with Gasteiger partial charge in [0.15, 0.2) is 0 Å². The first-order chi connectivity index (χ1) is 9.06. The molecular weight excluding hydrogens is 248 g/mol. The molecule has 2 aliphatic rings. The zero-order valence-corrected chi connectivity index (χ0v) is 11.3. The molecule has 2 atom stereocenters. The van der Waals surface area contributed by atoms with Crippen molar-refractivity contribution in [3.63, 3.8) is 0 Å². The average Bonchev–Trinajstić information content (AvgIpc) is 2.71. The van der Waals surface area contributed by atoms with Crippen molar-refractivity contribution >= 4 is 11.9 Å². The van der Waals surface area contributed by atoms with Gasteiger partial charge in [-0.25, -0.2) is 0 Å². The minimum Gasteiger partial charge on any atom is -0.481 e. The highest BCUT2D eigenvalue weighted by Gasteiger charge is 2.35. The number of likely N-dealkylation sites (tertiary alicyclic amines) is 1. The van der Waals surface area contributed by atoms with E-state index < -0.39 is 5.97 Å². The van der Waals surface area contributed by atoms with Crippen molar-refractivity contribution in [2.24, 2.45) is 11.8 Å². The first kappa shape index (κ1) is 14.3. The standard InChI is InChI=1S/C13H22N2O4/c1-9-6-15(7-11(9)13(17)18)8-12(16)14-10-2-4-19-5-3-10/h9-11H,2-8H2,1H3,(H,14,16)(H,17,18). The second-order valence-electron chi connectivity index (χ2n) is 5.57. The Labute approximate surface area is 113 Å². The molecule has 2 N–H and O–H groups in total. The minimum atomic E-state index is -0.764. The predicted octanol–water partition coefficient (Wildman–Crippen LogP) is -0.0659. The number of rotatable bonds is 4. The zero-order valence-electron chi connectivity index (χ0n) is 11.3. The van der Waals surface area contributed by atoms with E-state index in [9.17, 15) is 9.59 Å². The van der Waals surface area contributed by atoms with Gasteiger partial charge in [0, 0.05) is 32.3 Å². The Morgan fingerprint density at radius 3 is 2.58 bits per heavy atom. The van der Waals surface area contributed by atoms with Crippen LogP contribution in [0.1, 0.15) is 19.8 Å². The van der Waals surface area contributed by atoms with E-state index in [1.54, 1.807) is 0 Å². The Hall–Kier alpha value is -1.14. The number of carbonyl (C=O) groups is 2. The molecule has 2 rings (SSSR count). The van der Waals surface area contributed by atoms with Gasteiger partial charge in [-0.2, -0.15) is 0 Å². The predicted molar refractivity (Wildman–Crippen MR) is 68.7 cm³/mol. The van der Waals surface area contributed by atoms with Gasteiger partial charge in [-0.05, 0) is 18.8 Å². The first-order valence-corrected chi connectivity index (χ1v) is 6.88. The van der Waals surface area contributed by atoms with Crippen LogP contribution in [0.2, 0.25) is 0 Å². The van der Waals surface area contributed by atoms with Gasteiger partial charge in [-0.3, -0.25) is 14.5 Å². The van der Waals surface area contributed by atoms with Gasteiger partial charge in [0.05, 0.1) is 12.5 Å². The fourth-order valence-corrected chi connectivity index (χ4v) is 2.84. The molecule has 0 saturated carbocycles. The molecule has 2 unspecified atom stereocenters. The van der Waals surface area contributed by atoms with Crippen molar-refractivity contribution in [3.05, 3.63) is 0 Å². The van der Waals surface area contributed by atoms with Gasteiger partial charge in [-0.1, -0.05) is 6.92 Å². The second-order valence-corrected chi connectivity index (χ2v) is 5.57. The van der Waals surface area contributed by atoms with Crippen molar-refractivity contribution in [1.29, 1.82) is 0 Å². The van der Waals surface area contributed by atoms with Gasteiger partial charge < -0.3 is 15.2 Å². The summed E-state index contributed by atoms with van der Waals surface area (Å²) in [6, 6.07) is 0.205. The number of amides is 1. The third-order valence-electron chi connectivity index (χ3n) is 3.96.